The fourth-order valence-electron chi connectivity index (χ4n) is 4.40. The van der Waals surface area contributed by atoms with Gasteiger partial charge in [0.15, 0.2) is 4.87 Å². The molecule has 168 valence electrons. The molecule has 3 aromatic rings. The van der Waals surface area contributed by atoms with E-state index < -0.39 is 10.7 Å². The zero-order chi connectivity index (χ0) is 23.2. The van der Waals surface area contributed by atoms with Crippen LogP contribution in [0.3, 0.4) is 0 Å². The molecule has 1 spiro atoms. The van der Waals surface area contributed by atoms with Crippen LogP contribution in [0.25, 0.3) is 0 Å². The fourth-order valence-corrected chi connectivity index (χ4v) is 5.85. The Kier molecular flexibility index (Phi) is 5.32. The second kappa shape index (κ2) is 8.19. The third kappa shape index (κ3) is 3.45. The molecule has 0 radical (unpaired) electrons. The molecule has 1 saturated heterocycles. The Morgan fingerprint density at radius 3 is 2.36 bits per heavy atom. The summed E-state index contributed by atoms with van der Waals surface area (Å²) in [4.78, 5) is 29.4. The average Bonchev–Trinajstić information content (AvgIpc) is 3.37. The Morgan fingerprint density at radius 1 is 1.03 bits per heavy atom. The minimum Gasteiger partial charge on any atom is -0.497 e. The summed E-state index contributed by atoms with van der Waals surface area (Å²) in [5.41, 5.74) is 2.43. The highest BCUT2D eigenvalue weighted by Crippen LogP contribution is 2.55. The van der Waals surface area contributed by atoms with Crippen molar-refractivity contribution in [1.29, 1.82) is 0 Å². The van der Waals surface area contributed by atoms with E-state index in [4.69, 9.17) is 4.74 Å². The standard InChI is InChI=1S/C25H20F2N2O3S/c1-32-20-10-11-22-21(14-20)25(24(31)28(22)15-16-2-6-18(26)7-3-16)29(12-13-33-25)23(30)17-4-8-19(27)9-5-17/h2-11,14H,12-13,15H2,1H3. The number of methoxy groups -OCH3 is 1. The molecule has 1 unspecified atom stereocenters. The molecule has 2 heterocycles. The molecule has 1 atom stereocenters. The van der Waals surface area contributed by atoms with Gasteiger partial charge in [-0.15, -0.1) is 11.8 Å². The summed E-state index contributed by atoms with van der Waals surface area (Å²) in [6.07, 6.45) is 0. The van der Waals surface area contributed by atoms with E-state index in [2.05, 4.69) is 0 Å². The molecular formula is C25H20F2N2O3S. The second-order valence-corrected chi connectivity index (χ2v) is 9.14. The number of carbonyl (C=O) groups excluding carboxylic acids is 2. The molecule has 3 aromatic carbocycles. The van der Waals surface area contributed by atoms with E-state index in [1.807, 2.05) is 6.07 Å². The molecule has 2 aliphatic rings. The number of benzene rings is 3. The van der Waals surface area contributed by atoms with Gasteiger partial charge < -0.3 is 14.5 Å². The Morgan fingerprint density at radius 2 is 1.70 bits per heavy atom. The van der Waals surface area contributed by atoms with Gasteiger partial charge in [-0.3, -0.25) is 9.59 Å². The molecule has 5 nitrogen and oxygen atoms in total. The molecule has 0 saturated carbocycles. The predicted octanol–water partition coefficient (Wildman–Crippen LogP) is 4.56. The Hall–Kier alpha value is -3.39. The van der Waals surface area contributed by atoms with Crippen LogP contribution in [0, 0.1) is 11.6 Å². The van der Waals surface area contributed by atoms with Gasteiger partial charge in [0.05, 0.1) is 19.3 Å². The maximum atomic E-state index is 14.0. The highest BCUT2D eigenvalue weighted by molar-refractivity contribution is 8.01. The number of fused-ring (bicyclic) bond motifs is 2. The van der Waals surface area contributed by atoms with Crippen molar-refractivity contribution in [3.05, 3.63) is 95.1 Å². The van der Waals surface area contributed by atoms with Crippen LogP contribution in [0.15, 0.2) is 66.7 Å². The van der Waals surface area contributed by atoms with E-state index in [0.29, 0.717) is 34.9 Å². The van der Waals surface area contributed by atoms with Gasteiger partial charge in [0.1, 0.15) is 17.4 Å². The quantitative estimate of drug-likeness (QED) is 0.566. The van der Waals surface area contributed by atoms with Crippen molar-refractivity contribution in [3.8, 4) is 5.75 Å². The van der Waals surface area contributed by atoms with E-state index in [9.17, 15) is 18.4 Å². The summed E-state index contributed by atoms with van der Waals surface area (Å²) in [6, 6.07) is 16.7. The first-order valence-electron chi connectivity index (χ1n) is 10.4. The molecule has 0 aromatic heterocycles. The molecule has 8 heteroatoms. The van der Waals surface area contributed by atoms with Gasteiger partial charge in [0, 0.05) is 23.4 Å². The second-order valence-electron chi connectivity index (χ2n) is 7.86. The zero-order valence-electron chi connectivity index (χ0n) is 17.8. The van der Waals surface area contributed by atoms with Crippen molar-refractivity contribution in [2.24, 2.45) is 0 Å². The van der Waals surface area contributed by atoms with Crippen LogP contribution < -0.4 is 9.64 Å². The molecule has 2 amide bonds. The summed E-state index contributed by atoms with van der Waals surface area (Å²) < 4.78 is 32.2. The molecule has 5 rings (SSSR count). The van der Waals surface area contributed by atoms with Crippen molar-refractivity contribution >= 4 is 29.3 Å². The molecule has 0 bridgehead atoms. The van der Waals surface area contributed by atoms with Gasteiger partial charge in [0.2, 0.25) is 0 Å². The average molecular weight is 467 g/mol. The van der Waals surface area contributed by atoms with Gasteiger partial charge in [-0.25, -0.2) is 8.78 Å². The third-order valence-corrected chi connectivity index (χ3v) is 7.41. The smallest absolute Gasteiger partial charge is 0.268 e. The van der Waals surface area contributed by atoms with Gasteiger partial charge in [-0.2, -0.15) is 0 Å². The van der Waals surface area contributed by atoms with Crippen LogP contribution in [0.1, 0.15) is 21.5 Å². The largest absolute Gasteiger partial charge is 0.497 e. The van der Waals surface area contributed by atoms with Crippen LogP contribution in [-0.2, 0) is 16.2 Å². The van der Waals surface area contributed by atoms with E-state index in [1.165, 1.54) is 48.2 Å². The van der Waals surface area contributed by atoms with Crippen molar-refractivity contribution in [2.45, 2.75) is 11.4 Å². The van der Waals surface area contributed by atoms with Gasteiger partial charge in [0.25, 0.3) is 11.8 Å². The number of thioether (sulfide) groups is 1. The monoisotopic (exact) mass is 466 g/mol. The number of carbonyl (C=O) groups is 2. The van der Waals surface area contributed by atoms with Crippen molar-refractivity contribution < 1.29 is 23.1 Å². The molecule has 0 aliphatic carbocycles. The lowest BCUT2D eigenvalue weighted by Crippen LogP contribution is -2.50. The van der Waals surface area contributed by atoms with Gasteiger partial charge in [-0.1, -0.05) is 12.1 Å². The highest BCUT2D eigenvalue weighted by atomic mass is 32.2. The molecule has 33 heavy (non-hydrogen) atoms. The van der Waals surface area contributed by atoms with E-state index >= 15 is 0 Å². The summed E-state index contributed by atoms with van der Waals surface area (Å²) in [5.74, 6) is -0.227. The lowest BCUT2D eigenvalue weighted by Gasteiger charge is -2.33. The van der Waals surface area contributed by atoms with E-state index in [0.717, 1.165) is 5.56 Å². The van der Waals surface area contributed by atoms with E-state index in [-0.39, 0.29) is 24.2 Å². The first-order chi connectivity index (χ1) is 15.9. The summed E-state index contributed by atoms with van der Waals surface area (Å²) in [5, 5.41) is 0. The minimum absolute atomic E-state index is 0.235. The first-order valence-corrected chi connectivity index (χ1v) is 11.4. The molecule has 0 N–H and O–H groups in total. The summed E-state index contributed by atoms with van der Waals surface area (Å²) in [7, 11) is 1.55. The van der Waals surface area contributed by atoms with Crippen molar-refractivity contribution in [1.82, 2.24) is 4.90 Å². The summed E-state index contributed by atoms with van der Waals surface area (Å²) in [6.45, 7) is 0.604. The lowest BCUT2D eigenvalue weighted by atomic mass is 10.0. The number of ether oxygens (including phenoxy) is 1. The minimum atomic E-state index is -1.25. The molecular weight excluding hydrogens is 446 g/mol. The van der Waals surface area contributed by atoms with Crippen LogP contribution in [0.4, 0.5) is 14.5 Å². The molecule has 2 aliphatic heterocycles. The highest BCUT2D eigenvalue weighted by Gasteiger charge is 2.59. The predicted molar refractivity (Wildman–Crippen MR) is 122 cm³/mol. The lowest BCUT2D eigenvalue weighted by molar-refractivity contribution is -0.123. The SMILES string of the molecule is COc1ccc2c(c1)C1(SCCN1C(=O)c1ccc(F)cc1)C(=O)N2Cc1ccc(F)cc1. The Bertz CT molecular complexity index is 1230. The first kappa shape index (κ1) is 21.5. The fraction of sp³-hybridized carbons (Fsp3) is 0.200. The number of hydrogen-bond donors (Lipinski definition) is 0. The number of nitrogens with zero attached hydrogens (tertiary/aromatic N) is 2. The van der Waals surface area contributed by atoms with E-state index in [1.54, 1.807) is 41.2 Å². The maximum absolute atomic E-state index is 14.0. The maximum Gasteiger partial charge on any atom is 0.268 e. The van der Waals surface area contributed by atoms with Crippen LogP contribution in [-0.4, -0.2) is 36.1 Å². The van der Waals surface area contributed by atoms with Crippen LogP contribution in [0.5, 0.6) is 5.75 Å². The van der Waals surface area contributed by atoms with Gasteiger partial charge in [-0.05, 0) is 60.2 Å². The number of amides is 2. The van der Waals surface area contributed by atoms with Gasteiger partial charge >= 0.3 is 0 Å². The van der Waals surface area contributed by atoms with Crippen molar-refractivity contribution in [3.63, 3.8) is 0 Å². The summed E-state index contributed by atoms with van der Waals surface area (Å²) >= 11 is 1.40. The number of hydrogen-bond acceptors (Lipinski definition) is 4. The van der Waals surface area contributed by atoms with Crippen LogP contribution in [0.2, 0.25) is 0 Å². The number of rotatable bonds is 4. The Balaban J connectivity index is 1.60. The Labute approximate surface area is 193 Å². The van der Waals surface area contributed by atoms with Crippen molar-refractivity contribution in [2.75, 3.05) is 24.3 Å². The normalized spacial score (nSPS) is 19.3. The third-order valence-electron chi connectivity index (χ3n) is 5.99. The number of anilines is 1. The number of halogens is 2. The topological polar surface area (TPSA) is 49.9 Å². The zero-order valence-corrected chi connectivity index (χ0v) is 18.6. The van der Waals surface area contributed by atoms with Crippen LogP contribution >= 0.6 is 11.8 Å². The molecule has 1 fully saturated rings.